The average Bonchev–Trinajstić information content (AvgIpc) is 2.76. The number of hydrogen-bond donors (Lipinski definition) is 1. The molecule has 0 amide bonds. The Morgan fingerprint density at radius 1 is 1.27 bits per heavy atom. The van der Waals surface area contributed by atoms with Gasteiger partial charge in [0.25, 0.3) is 0 Å². The maximum atomic E-state index is 8.57. The number of aliphatic hydroxyl groups excluding tert-OH is 1. The average molecular weight is 215 g/mol. The Labute approximate surface area is 92.2 Å². The van der Waals surface area contributed by atoms with E-state index in [0.717, 1.165) is 16.0 Å². The van der Waals surface area contributed by atoms with E-state index in [1.807, 2.05) is 18.2 Å². The van der Waals surface area contributed by atoms with Gasteiger partial charge in [0.15, 0.2) is 0 Å². The molecule has 0 saturated heterocycles. The number of thiophene rings is 1. The summed E-state index contributed by atoms with van der Waals surface area (Å²) in [5.41, 5.74) is 2.28. The highest BCUT2D eigenvalue weighted by molar-refractivity contribution is 7.11. The topological polar surface area (TPSA) is 33.1 Å². The Morgan fingerprint density at radius 2 is 2.07 bits per heavy atom. The van der Waals surface area contributed by atoms with Gasteiger partial charge in [-0.15, -0.1) is 11.3 Å². The molecule has 74 valence electrons. The normalized spacial score (nSPS) is 9.40. The van der Waals surface area contributed by atoms with Gasteiger partial charge in [0.05, 0.1) is 4.88 Å². The highest BCUT2D eigenvalue weighted by atomic mass is 32.1. The summed E-state index contributed by atoms with van der Waals surface area (Å²) in [5.74, 6) is 5.52. The first kappa shape index (κ1) is 9.91. The predicted molar refractivity (Wildman–Crippen MR) is 61.5 cm³/mol. The number of rotatable bonds is 1. The van der Waals surface area contributed by atoms with Gasteiger partial charge >= 0.3 is 0 Å². The minimum Gasteiger partial charge on any atom is -0.384 e. The van der Waals surface area contributed by atoms with Gasteiger partial charge in [0.2, 0.25) is 0 Å². The molecule has 0 bridgehead atoms. The number of nitrogens with zero attached hydrogens (tertiary/aromatic N) is 1. The van der Waals surface area contributed by atoms with Crippen LogP contribution in [0.25, 0.3) is 11.1 Å². The van der Waals surface area contributed by atoms with Crippen LogP contribution in [0.5, 0.6) is 0 Å². The van der Waals surface area contributed by atoms with Crippen LogP contribution in [-0.2, 0) is 0 Å². The standard InChI is InChI=1S/C12H9NOS/c14-7-1-2-12-8-11(9-15-12)10-3-5-13-6-4-10/h3-6,8-9,14H,7H2. The predicted octanol–water partition coefficient (Wildman–Crippen LogP) is 2.15. The maximum absolute atomic E-state index is 8.57. The van der Waals surface area contributed by atoms with Crippen LogP contribution in [-0.4, -0.2) is 16.7 Å². The van der Waals surface area contributed by atoms with Crippen LogP contribution < -0.4 is 0 Å². The zero-order valence-corrected chi connectivity index (χ0v) is 8.79. The Morgan fingerprint density at radius 3 is 2.80 bits per heavy atom. The molecule has 2 rings (SSSR count). The summed E-state index contributed by atoms with van der Waals surface area (Å²) in [5, 5.41) is 10.6. The highest BCUT2D eigenvalue weighted by Crippen LogP contribution is 2.24. The summed E-state index contributed by atoms with van der Waals surface area (Å²) in [4.78, 5) is 4.94. The molecule has 1 N–H and O–H groups in total. The second kappa shape index (κ2) is 4.74. The van der Waals surface area contributed by atoms with Gasteiger partial charge in [-0.3, -0.25) is 4.98 Å². The smallest absolute Gasteiger partial charge is 0.104 e. The summed E-state index contributed by atoms with van der Waals surface area (Å²) in [6, 6.07) is 5.94. The molecule has 0 atom stereocenters. The van der Waals surface area contributed by atoms with Crippen molar-refractivity contribution in [3.63, 3.8) is 0 Å². The summed E-state index contributed by atoms with van der Waals surface area (Å²) in [6.07, 6.45) is 3.54. The van der Waals surface area contributed by atoms with Crippen molar-refractivity contribution in [3.8, 4) is 23.0 Å². The Bertz CT molecular complexity index is 493. The van der Waals surface area contributed by atoms with E-state index in [0.29, 0.717) is 0 Å². The van der Waals surface area contributed by atoms with E-state index in [1.165, 1.54) is 0 Å². The van der Waals surface area contributed by atoms with Gasteiger partial charge in [0.1, 0.15) is 6.61 Å². The van der Waals surface area contributed by atoms with Crippen molar-refractivity contribution in [1.82, 2.24) is 4.98 Å². The fourth-order valence-corrected chi connectivity index (χ4v) is 2.01. The molecule has 0 fully saturated rings. The zero-order chi connectivity index (χ0) is 10.5. The fraction of sp³-hybridized carbons (Fsp3) is 0.0833. The van der Waals surface area contributed by atoms with E-state index in [-0.39, 0.29) is 6.61 Å². The van der Waals surface area contributed by atoms with Crippen molar-refractivity contribution in [1.29, 1.82) is 0 Å². The lowest BCUT2D eigenvalue weighted by Gasteiger charge is -1.93. The van der Waals surface area contributed by atoms with Crippen molar-refractivity contribution in [2.24, 2.45) is 0 Å². The third-order valence-electron chi connectivity index (χ3n) is 1.90. The molecule has 0 aliphatic carbocycles. The molecule has 0 radical (unpaired) electrons. The second-order valence-corrected chi connectivity index (χ2v) is 3.81. The van der Waals surface area contributed by atoms with Crippen LogP contribution in [0, 0.1) is 11.8 Å². The molecule has 2 nitrogen and oxygen atoms in total. The summed E-state index contributed by atoms with van der Waals surface area (Å²) >= 11 is 1.58. The molecule has 0 unspecified atom stereocenters. The van der Waals surface area contributed by atoms with Crippen LogP contribution in [0.15, 0.2) is 36.0 Å². The molecular formula is C12H9NOS. The van der Waals surface area contributed by atoms with Gasteiger partial charge in [-0.05, 0) is 34.7 Å². The van der Waals surface area contributed by atoms with Gasteiger partial charge in [-0.25, -0.2) is 0 Å². The van der Waals surface area contributed by atoms with Crippen LogP contribution in [0.4, 0.5) is 0 Å². The van der Waals surface area contributed by atoms with E-state index in [2.05, 4.69) is 22.2 Å². The van der Waals surface area contributed by atoms with Crippen molar-refractivity contribution >= 4 is 11.3 Å². The van der Waals surface area contributed by atoms with E-state index >= 15 is 0 Å². The first-order valence-corrected chi connectivity index (χ1v) is 5.37. The lowest BCUT2D eigenvalue weighted by atomic mass is 10.1. The van der Waals surface area contributed by atoms with Crippen LogP contribution in [0.1, 0.15) is 4.88 Å². The first-order valence-electron chi connectivity index (χ1n) is 4.49. The lowest BCUT2D eigenvalue weighted by molar-refractivity contribution is 0.350. The van der Waals surface area contributed by atoms with Crippen molar-refractivity contribution in [2.45, 2.75) is 0 Å². The van der Waals surface area contributed by atoms with E-state index in [4.69, 9.17) is 5.11 Å². The Kier molecular flexibility index (Phi) is 3.13. The summed E-state index contributed by atoms with van der Waals surface area (Å²) in [6.45, 7) is -0.0948. The molecule has 0 saturated carbocycles. The molecule has 2 aromatic heterocycles. The second-order valence-electron chi connectivity index (χ2n) is 2.90. The molecule has 15 heavy (non-hydrogen) atoms. The van der Waals surface area contributed by atoms with E-state index in [9.17, 15) is 0 Å². The SMILES string of the molecule is OCC#Cc1cc(-c2ccncc2)cs1. The summed E-state index contributed by atoms with van der Waals surface area (Å²) < 4.78 is 0. The molecule has 0 aliphatic heterocycles. The summed E-state index contributed by atoms with van der Waals surface area (Å²) in [7, 11) is 0. The molecule has 0 spiro atoms. The van der Waals surface area contributed by atoms with Crippen molar-refractivity contribution < 1.29 is 5.11 Å². The monoisotopic (exact) mass is 215 g/mol. The fourth-order valence-electron chi connectivity index (χ4n) is 1.22. The van der Waals surface area contributed by atoms with Crippen molar-refractivity contribution in [2.75, 3.05) is 6.61 Å². The minimum atomic E-state index is -0.0948. The minimum absolute atomic E-state index is 0.0948. The third kappa shape index (κ3) is 2.44. The quantitative estimate of drug-likeness (QED) is 0.739. The van der Waals surface area contributed by atoms with Gasteiger partial charge < -0.3 is 5.11 Å². The van der Waals surface area contributed by atoms with Gasteiger partial charge in [-0.1, -0.05) is 11.8 Å². The van der Waals surface area contributed by atoms with Crippen LogP contribution >= 0.6 is 11.3 Å². The highest BCUT2D eigenvalue weighted by Gasteiger charge is 1.99. The first-order chi connectivity index (χ1) is 7.40. The molecule has 2 aromatic rings. The van der Waals surface area contributed by atoms with Crippen molar-refractivity contribution in [3.05, 3.63) is 40.8 Å². The zero-order valence-electron chi connectivity index (χ0n) is 7.97. The van der Waals surface area contributed by atoms with Gasteiger partial charge in [-0.2, -0.15) is 0 Å². The molecule has 0 aromatic carbocycles. The van der Waals surface area contributed by atoms with Crippen LogP contribution in [0.3, 0.4) is 0 Å². The number of aliphatic hydroxyl groups is 1. The lowest BCUT2D eigenvalue weighted by Crippen LogP contribution is -1.74. The molecular weight excluding hydrogens is 206 g/mol. The van der Waals surface area contributed by atoms with Crippen LogP contribution in [0.2, 0.25) is 0 Å². The number of aromatic nitrogens is 1. The maximum Gasteiger partial charge on any atom is 0.104 e. The van der Waals surface area contributed by atoms with E-state index in [1.54, 1.807) is 23.7 Å². The third-order valence-corrected chi connectivity index (χ3v) is 2.75. The van der Waals surface area contributed by atoms with Gasteiger partial charge in [0, 0.05) is 12.4 Å². The molecule has 2 heterocycles. The van der Waals surface area contributed by atoms with E-state index < -0.39 is 0 Å². The largest absolute Gasteiger partial charge is 0.384 e. The molecule has 3 heteroatoms. The Balaban J connectivity index is 2.28. The molecule has 0 aliphatic rings. The number of hydrogen-bond acceptors (Lipinski definition) is 3. The number of pyridine rings is 1. The Hall–Kier alpha value is -1.63.